The highest BCUT2D eigenvalue weighted by molar-refractivity contribution is 6.02. The lowest BCUT2D eigenvalue weighted by molar-refractivity contribution is -0.136. The van der Waals surface area contributed by atoms with Gasteiger partial charge in [0, 0.05) is 12.1 Å². The number of hydrogen-bond donors (Lipinski definition) is 2. The molecule has 0 bridgehead atoms. The second-order valence-corrected chi connectivity index (χ2v) is 6.17. The SMILES string of the molecule is CC1(C)CCCN1C(=O)C(Cc1ccccc1)C(N)=NO. The Morgan fingerprint density at radius 3 is 2.62 bits per heavy atom. The maximum absolute atomic E-state index is 12.8. The van der Waals surface area contributed by atoms with E-state index in [1.54, 1.807) is 0 Å². The average Bonchev–Trinajstić information content (AvgIpc) is 2.84. The van der Waals surface area contributed by atoms with Gasteiger partial charge in [-0.3, -0.25) is 4.79 Å². The number of benzene rings is 1. The summed E-state index contributed by atoms with van der Waals surface area (Å²) in [6.45, 7) is 4.85. The van der Waals surface area contributed by atoms with E-state index in [2.05, 4.69) is 19.0 Å². The van der Waals surface area contributed by atoms with Gasteiger partial charge in [0.05, 0.1) is 0 Å². The minimum atomic E-state index is -0.616. The van der Waals surface area contributed by atoms with E-state index in [0.29, 0.717) is 6.42 Å². The van der Waals surface area contributed by atoms with Gasteiger partial charge in [0.15, 0.2) is 5.84 Å². The summed E-state index contributed by atoms with van der Waals surface area (Å²) in [5.74, 6) is -0.696. The van der Waals surface area contributed by atoms with Crippen molar-refractivity contribution in [1.29, 1.82) is 0 Å². The van der Waals surface area contributed by atoms with Gasteiger partial charge in [-0.05, 0) is 38.7 Å². The number of amides is 1. The third-order valence-corrected chi connectivity index (χ3v) is 4.22. The molecule has 21 heavy (non-hydrogen) atoms. The molecule has 1 aromatic carbocycles. The van der Waals surface area contributed by atoms with Crippen LogP contribution in [-0.4, -0.2) is 33.9 Å². The normalized spacial score (nSPS) is 19.5. The van der Waals surface area contributed by atoms with Crippen molar-refractivity contribution >= 4 is 11.7 Å². The Labute approximate surface area is 125 Å². The molecule has 0 aliphatic carbocycles. The number of likely N-dealkylation sites (tertiary alicyclic amines) is 1. The van der Waals surface area contributed by atoms with Crippen LogP contribution in [0.25, 0.3) is 0 Å². The summed E-state index contributed by atoms with van der Waals surface area (Å²) in [5.41, 5.74) is 6.61. The molecule has 5 heteroatoms. The van der Waals surface area contributed by atoms with E-state index in [1.807, 2.05) is 35.2 Å². The van der Waals surface area contributed by atoms with Gasteiger partial charge in [-0.15, -0.1) is 0 Å². The van der Waals surface area contributed by atoms with Crippen LogP contribution < -0.4 is 5.73 Å². The van der Waals surface area contributed by atoms with Crippen LogP contribution in [0.4, 0.5) is 0 Å². The average molecular weight is 289 g/mol. The van der Waals surface area contributed by atoms with E-state index < -0.39 is 5.92 Å². The third-order valence-electron chi connectivity index (χ3n) is 4.22. The number of nitrogens with zero attached hydrogens (tertiary/aromatic N) is 2. The van der Waals surface area contributed by atoms with Crippen molar-refractivity contribution in [3.05, 3.63) is 35.9 Å². The Morgan fingerprint density at radius 1 is 1.43 bits per heavy atom. The predicted octanol–water partition coefficient (Wildman–Crippen LogP) is 1.99. The van der Waals surface area contributed by atoms with Crippen molar-refractivity contribution in [3.8, 4) is 0 Å². The van der Waals surface area contributed by atoms with Crippen LogP contribution in [0.2, 0.25) is 0 Å². The van der Waals surface area contributed by atoms with E-state index in [1.165, 1.54) is 0 Å². The van der Waals surface area contributed by atoms with Gasteiger partial charge in [-0.25, -0.2) is 0 Å². The highest BCUT2D eigenvalue weighted by atomic mass is 16.4. The fourth-order valence-corrected chi connectivity index (χ4v) is 2.94. The molecule has 1 aromatic rings. The van der Waals surface area contributed by atoms with E-state index in [4.69, 9.17) is 10.9 Å². The van der Waals surface area contributed by atoms with E-state index in [9.17, 15) is 4.79 Å². The van der Waals surface area contributed by atoms with Gasteiger partial charge in [0.25, 0.3) is 0 Å². The van der Waals surface area contributed by atoms with E-state index in [-0.39, 0.29) is 17.3 Å². The van der Waals surface area contributed by atoms with Gasteiger partial charge in [-0.2, -0.15) is 0 Å². The summed E-state index contributed by atoms with van der Waals surface area (Å²) in [6.07, 6.45) is 2.42. The smallest absolute Gasteiger partial charge is 0.234 e. The zero-order chi connectivity index (χ0) is 15.5. The minimum absolute atomic E-state index is 0.0217. The lowest BCUT2D eigenvalue weighted by Crippen LogP contribution is -2.49. The van der Waals surface area contributed by atoms with Crippen LogP contribution in [0, 0.1) is 5.92 Å². The van der Waals surface area contributed by atoms with E-state index >= 15 is 0 Å². The minimum Gasteiger partial charge on any atom is -0.409 e. The molecule has 1 fully saturated rings. The summed E-state index contributed by atoms with van der Waals surface area (Å²) < 4.78 is 0. The van der Waals surface area contributed by atoms with Gasteiger partial charge >= 0.3 is 0 Å². The summed E-state index contributed by atoms with van der Waals surface area (Å²) in [5, 5.41) is 12.1. The molecule has 0 saturated carbocycles. The molecular weight excluding hydrogens is 266 g/mol. The Kier molecular flexibility index (Phi) is 4.50. The standard InChI is InChI=1S/C16H23N3O2/c1-16(2)9-6-10-19(16)15(20)13(14(17)18-21)11-12-7-4-3-5-8-12/h3-5,7-8,13,21H,6,9-11H2,1-2H3,(H2,17,18). The van der Waals surface area contributed by atoms with Crippen LogP contribution in [0.3, 0.4) is 0 Å². The molecule has 0 spiro atoms. The van der Waals surface area contributed by atoms with Crippen LogP contribution in [0.15, 0.2) is 35.5 Å². The maximum Gasteiger partial charge on any atom is 0.234 e. The van der Waals surface area contributed by atoms with Crippen molar-refractivity contribution in [2.45, 2.75) is 38.6 Å². The van der Waals surface area contributed by atoms with Crippen LogP contribution in [0.1, 0.15) is 32.3 Å². The van der Waals surface area contributed by atoms with Crippen molar-refractivity contribution in [3.63, 3.8) is 0 Å². The molecule has 3 N–H and O–H groups in total. The number of carbonyl (C=O) groups excluding carboxylic acids is 1. The first-order valence-corrected chi connectivity index (χ1v) is 7.28. The molecule has 1 aliphatic heterocycles. The fourth-order valence-electron chi connectivity index (χ4n) is 2.94. The number of oxime groups is 1. The van der Waals surface area contributed by atoms with Crippen molar-refractivity contribution < 1.29 is 10.0 Å². The Hall–Kier alpha value is -2.04. The third kappa shape index (κ3) is 3.35. The molecule has 1 aliphatic rings. The lowest BCUT2D eigenvalue weighted by Gasteiger charge is -2.34. The monoisotopic (exact) mass is 289 g/mol. The number of nitrogens with two attached hydrogens (primary N) is 1. The first-order valence-electron chi connectivity index (χ1n) is 7.28. The molecule has 1 amide bonds. The Bertz CT molecular complexity index is 526. The first kappa shape index (κ1) is 15.4. The first-order chi connectivity index (χ1) is 9.95. The molecule has 1 saturated heterocycles. The molecular formula is C16H23N3O2. The van der Waals surface area contributed by atoms with Crippen molar-refractivity contribution in [2.75, 3.05) is 6.54 Å². The second kappa shape index (κ2) is 6.16. The molecule has 1 heterocycles. The zero-order valence-electron chi connectivity index (χ0n) is 12.6. The maximum atomic E-state index is 12.8. The van der Waals surface area contributed by atoms with Crippen LogP contribution in [0.5, 0.6) is 0 Å². The van der Waals surface area contributed by atoms with Gasteiger partial charge in [0.1, 0.15) is 5.92 Å². The quantitative estimate of drug-likeness (QED) is 0.385. The Morgan fingerprint density at radius 2 is 2.10 bits per heavy atom. The molecule has 0 aromatic heterocycles. The number of hydrogen-bond acceptors (Lipinski definition) is 3. The number of carbonyl (C=O) groups is 1. The van der Waals surface area contributed by atoms with Crippen LogP contribution in [-0.2, 0) is 11.2 Å². The highest BCUT2D eigenvalue weighted by Crippen LogP contribution is 2.30. The topological polar surface area (TPSA) is 78.9 Å². The number of rotatable bonds is 4. The van der Waals surface area contributed by atoms with Gasteiger partial charge < -0.3 is 15.8 Å². The second-order valence-electron chi connectivity index (χ2n) is 6.17. The molecule has 2 rings (SSSR count). The lowest BCUT2D eigenvalue weighted by atomic mass is 9.94. The summed E-state index contributed by atoms with van der Waals surface area (Å²) in [4.78, 5) is 14.7. The highest BCUT2D eigenvalue weighted by Gasteiger charge is 2.39. The molecule has 1 unspecified atom stereocenters. The van der Waals surface area contributed by atoms with E-state index in [0.717, 1.165) is 24.9 Å². The molecule has 114 valence electrons. The molecule has 1 atom stereocenters. The summed E-state index contributed by atoms with van der Waals surface area (Å²) >= 11 is 0. The van der Waals surface area contributed by atoms with Gasteiger partial charge in [0.2, 0.25) is 5.91 Å². The summed E-state index contributed by atoms with van der Waals surface area (Å²) in [7, 11) is 0. The molecule has 5 nitrogen and oxygen atoms in total. The molecule has 0 radical (unpaired) electrons. The van der Waals surface area contributed by atoms with Crippen molar-refractivity contribution in [2.24, 2.45) is 16.8 Å². The van der Waals surface area contributed by atoms with Crippen LogP contribution >= 0.6 is 0 Å². The predicted molar refractivity (Wildman–Crippen MR) is 82.1 cm³/mol. The zero-order valence-corrected chi connectivity index (χ0v) is 12.6. The van der Waals surface area contributed by atoms with Crippen molar-refractivity contribution in [1.82, 2.24) is 4.90 Å². The number of amidine groups is 1. The Balaban J connectivity index is 2.22. The summed E-state index contributed by atoms with van der Waals surface area (Å²) in [6, 6.07) is 9.65. The van der Waals surface area contributed by atoms with Gasteiger partial charge in [-0.1, -0.05) is 35.5 Å². The largest absolute Gasteiger partial charge is 0.409 e. The fraction of sp³-hybridized carbons (Fsp3) is 0.500.